The summed E-state index contributed by atoms with van der Waals surface area (Å²) >= 11 is 1.24. The van der Waals surface area contributed by atoms with E-state index >= 15 is 0 Å². The Kier molecular flexibility index (Phi) is 5.59. The van der Waals surface area contributed by atoms with Crippen LogP contribution in [-0.4, -0.2) is 40.1 Å². The van der Waals surface area contributed by atoms with Crippen LogP contribution in [0.1, 0.15) is 10.4 Å². The molecule has 0 aliphatic carbocycles. The zero-order valence-electron chi connectivity index (χ0n) is 14.0. The fraction of sp³-hybridized carbons (Fsp3) is 0.118. The van der Waals surface area contributed by atoms with Crippen molar-refractivity contribution in [2.45, 2.75) is 10.2 Å². The van der Waals surface area contributed by atoms with E-state index in [0.717, 1.165) is 0 Å². The van der Waals surface area contributed by atoms with Gasteiger partial charge < -0.3 is 14.8 Å². The fourth-order valence-corrected chi connectivity index (χ4v) is 2.65. The molecule has 3 aromatic heterocycles. The predicted molar refractivity (Wildman–Crippen MR) is 95.7 cm³/mol. The molecule has 0 radical (unpaired) electrons. The number of anilines is 1. The lowest BCUT2D eigenvalue weighted by molar-refractivity contribution is 0.102. The molecule has 0 aromatic carbocycles. The molecule has 0 bridgehead atoms. The van der Waals surface area contributed by atoms with E-state index in [1.807, 2.05) is 0 Å². The molecule has 0 unspecified atom stereocenters. The molecular formula is C17H15N5O3S. The summed E-state index contributed by atoms with van der Waals surface area (Å²) in [5.41, 5.74) is 1.05. The number of nitrogens with one attached hydrogen (secondary N) is 1. The average molecular weight is 369 g/mol. The van der Waals surface area contributed by atoms with Crippen LogP contribution in [0.4, 0.5) is 5.69 Å². The fourth-order valence-electron chi connectivity index (χ4n) is 1.95. The molecular weight excluding hydrogens is 354 g/mol. The van der Waals surface area contributed by atoms with Gasteiger partial charge in [0.05, 0.1) is 37.7 Å². The summed E-state index contributed by atoms with van der Waals surface area (Å²) < 4.78 is 10.2. The number of carbonyl (C=O) groups is 1. The lowest BCUT2D eigenvalue weighted by Gasteiger charge is -2.06. The van der Waals surface area contributed by atoms with E-state index in [2.05, 4.69) is 25.3 Å². The standard InChI is InChI=1S/C17H15N5O3S/c1-24-13-8-14(25-2)22-17(21-13)26-15-6-5-11(9-19-15)16(23)20-12-4-3-7-18-10-12/h3-10H,1-2H3,(H,20,23). The van der Waals surface area contributed by atoms with Crippen LogP contribution in [0.3, 0.4) is 0 Å². The summed E-state index contributed by atoms with van der Waals surface area (Å²) in [6.45, 7) is 0. The molecule has 3 heterocycles. The number of amides is 1. The highest BCUT2D eigenvalue weighted by Crippen LogP contribution is 2.27. The van der Waals surface area contributed by atoms with Gasteiger partial charge in [0.15, 0.2) is 0 Å². The molecule has 8 nitrogen and oxygen atoms in total. The van der Waals surface area contributed by atoms with E-state index < -0.39 is 0 Å². The monoisotopic (exact) mass is 369 g/mol. The van der Waals surface area contributed by atoms with Gasteiger partial charge in [-0.2, -0.15) is 9.97 Å². The molecule has 26 heavy (non-hydrogen) atoms. The molecule has 0 aliphatic heterocycles. The van der Waals surface area contributed by atoms with Crippen LogP contribution < -0.4 is 14.8 Å². The Hall–Kier alpha value is -3.20. The first-order valence-electron chi connectivity index (χ1n) is 7.50. The van der Waals surface area contributed by atoms with Crippen LogP contribution in [0.15, 0.2) is 59.1 Å². The van der Waals surface area contributed by atoms with Crippen LogP contribution in [0.25, 0.3) is 0 Å². The lowest BCUT2D eigenvalue weighted by Crippen LogP contribution is -2.12. The zero-order valence-corrected chi connectivity index (χ0v) is 14.9. The molecule has 132 valence electrons. The number of hydrogen-bond acceptors (Lipinski definition) is 8. The van der Waals surface area contributed by atoms with Gasteiger partial charge in [-0.25, -0.2) is 4.98 Å². The second-order valence-corrected chi connectivity index (χ2v) is 5.91. The molecule has 0 saturated heterocycles. The first kappa shape index (κ1) is 17.6. The Morgan fingerprint density at radius 3 is 2.42 bits per heavy atom. The lowest BCUT2D eigenvalue weighted by atomic mass is 10.2. The van der Waals surface area contributed by atoms with Crippen molar-refractivity contribution in [3.05, 3.63) is 54.5 Å². The third-order valence-electron chi connectivity index (χ3n) is 3.19. The summed E-state index contributed by atoms with van der Waals surface area (Å²) in [5, 5.41) is 3.82. The van der Waals surface area contributed by atoms with Gasteiger partial charge in [-0.3, -0.25) is 9.78 Å². The van der Waals surface area contributed by atoms with Crippen molar-refractivity contribution in [3.8, 4) is 11.8 Å². The molecule has 1 amide bonds. The summed E-state index contributed by atoms with van der Waals surface area (Å²) in [4.78, 5) is 28.9. The molecule has 3 aromatic rings. The molecule has 0 fully saturated rings. The Balaban J connectivity index is 1.71. The molecule has 9 heteroatoms. The smallest absolute Gasteiger partial charge is 0.257 e. The van der Waals surface area contributed by atoms with Crippen molar-refractivity contribution in [2.75, 3.05) is 19.5 Å². The second kappa shape index (κ2) is 8.26. The number of hydrogen-bond donors (Lipinski definition) is 1. The highest BCUT2D eigenvalue weighted by Gasteiger charge is 2.10. The van der Waals surface area contributed by atoms with Gasteiger partial charge in [-0.05, 0) is 36.0 Å². The topological polar surface area (TPSA) is 99.1 Å². The van der Waals surface area contributed by atoms with Crippen molar-refractivity contribution < 1.29 is 14.3 Å². The minimum atomic E-state index is -0.263. The quantitative estimate of drug-likeness (QED) is 0.662. The van der Waals surface area contributed by atoms with Gasteiger partial charge in [-0.1, -0.05) is 0 Å². The number of nitrogens with zero attached hydrogens (tertiary/aromatic N) is 4. The van der Waals surface area contributed by atoms with Crippen molar-refractivity contribution in [1.29, 1.82) is 0 Å². The van der Waals surface area contributed by atoms with Crippen LogP contribution in [0, 0.1) is 0 Å². The van der Waals surface area contributed by atoms with Crippen LogP contribution in [0.2, 0.25) is 0 Å². The number of carbonyl (C=O) groups excluding carboxylic acids is 1. The maximum absolute atomic E-state index is 12.2. The van der Waals surface area contributed by atoms with Crippen molar-refractivity contribution in [2.24, 2.45) is 0 Å². The van der Waals surface area contributed by atoms with E-state index in [1.54, 1.807) is 42.7 Å². The minimum Gasteiger partial charge on any atom is -0.481 e. The van der Waals surface area contributed by atoms with Crippen molar-refractivity contribution in [1.82, 2.24) is 19.9 Å². The Labute approximate surface area is 154 Å². The molecule has 0 saturated carbocycles. The van der Waals surface area contributed by atoms with Crippen LogP contribution in [0.5, 0.6) is 11.8 Å². The Morgan fingerprint density at radius 2 is 1.85 bits per heavy atom. The Bertz CT molecular complexity index is 868. The third kappa shape index (κ3) is 4.45. The summed E-state index contributed by atoms with van der Waals surface area (Å²) in [6, 6.07) is 8.49. The first-order valence-corrected chi connectivity index (χ1v) is 8.32. The van der Waals surface area contributed by atoms with Crippen LogP contribution >= 0.6 is 11.8 Å². The first-order chi connectivity index (χ1) is 12.7. The van der Waals surface area contributed by atoms with Gasteiger partial charge in [0.2, 0.25) is 16.9 Å². The van der Waals surface area contributed by atoms with Gasteiger partial charge in [0.25, 0.3) is 5.91 Å². The number of methoxy groups -OCH3 is 2. The van der Waals surface area contributed by atoms with Crippen LogP contribution in [-0.2, 0) is 0 Å². The largest absolute Gasteiger partial charge is 0.481 e. The van der Waals surface area contributed by atoms with E-state index in [0.29, 0.717) is 33.2 Å². The normalized spacial score (nSPS) is 10.2. The highest BCUT2D eigenvalue weighted by atomic mass is 32.2. The number of rotatable bonds is 6. The molecule has 0 atom stereocenters. The summed E-state index contributed by atoms with van der Waals surface area (Å²) in [7, 11) is 3.04. The van der Waals surface area contributed by atoms with Crippen molar-refractivity contribution in [3.63, 3.8) is 0 Å². The van der Waals surface area contributed by atoms with E-state index in [-0.39, 0.29) is 5.91 Å². The summed E-state index contributed by atoms with van der Waals surface area (Å²) in [6.07, 6.45) is 4.70. The summed E-state index contributed by atoms with van der Waals surface area (Å²) in [5.74, 6) is 0.528. The van der Waals surface area contributed by atoms with Gasteiger partial charge in [0.1, 0.15) is 5.03 Å². The zero-order chi connectivity index (χ0) is 18.4. The predicted octanol–water partition coefficient (Wildman–Crippen LogP) is 2.69. The van der Waals surface area contributed by atoms with Crippen molar-refractivity contribution >= 4 is 23.4 Å². The molecule has 1 N–H and O–H groups in total. The third-order valence-corrected chi connectivity index (χ3v) is 4.01. The number of ether oxygens (including phenoxy) is 2. The van der Waals surface area contributed by atoms with E-state index in [4.69, 9.17) is 9.47 Å². The molecule has 0 spiro atoms. The minimum absolute atomic E-state index is 0.263. The average Bonchev–Trinajstić information content (AvgIpc) is 2.69. The maximum atomic E-state index is 12.2. The second-order valence-electron chi connectivity index (χ2n) is 4.92. The van der Waals surface area contributed by atoms with E-state index in [1.165, 1.54) is 32.2 Å². The molecule has 0 aliphatic rings. The Morgan fingerprint density at radius 1 is 1.08 bits per heavy atom. The SMILES string of the molecule is COc1cc(OC)nc(Sc2ccc(C(=O)Nc3cccnc3)cn2)n1. The number of aromatic nitrogens is 4. The maximum Gasteiger partial charge on any atom is 0.257 e. The van der Waals surface area contributed by atoms with Gasteiger partial charge in [-0.15, -0.1) is 0 Å². The van der Waals surface area contributed by atoms with E-state index in [9.17, 15) is 4.79 Å². The van der Waals surface area contributed by atoms with Gasteiger partial charge >= 0.3 is 0 Å². The highest BCUT2D eigenvalue weighted by molar-refractivity contribution is 7.99. The number of pyridine rings is 2. The molecule has 3 rings (SSSR count). The van der Waals surface area contributed by atoms with Gasteiger partial charge in [0, 0.05) is 12.4 Å².